The van der Waals surface area contributed by atoms with Gasteiger partial charge >= 0.3 is 0 Å². The Balaban J connectivity index is 1.22. The second-order valence-corrected chi connectivity index (χ2v) is 11.9. The number of hydrogen-bond donors (Lipinski definition) is 0. The lowest BCUT2D eigenvalue weighted by atomic mass is 9.82. The largest absolute Gasteiger partial charge is 0.456 e. The summed E-state index contributed by atoms with van der Waals surface area (Å²) in [5.74, 6) is 0. The van der Waals surface area contributed by atoms with E-state index in [9.17, 15) is 0 Å². The van der Waals surface area contributed by atoms with E-state index in [0.29, 0.717) is 0 Å². The number of furan rings is 1. The Hall–Kier alpha value is -5.08. The van der Waals surface area contributed by atoms with E-state index >= 15 is 0 Å². The second-order valence-electron chi connectivity index (χ2n) is 11.9. The van der Waals surface area contributed by atoms with Crippen molar-refractivity contribution in [2.45, 2.75) is 26.2 Å². The lowest BCUT2D eigenvalue weighted by Crippen LogP contribution is -2.16. The van der Waals surface area contributed by atoms with Crippen LogP contribution in [0.2, 0.25) is 0 Å². The number of anilines is 3. The Morgan fingerprint density at radius 3 is 1.93 bits per heavy atom. The molecule has 0 spiro atoms. The number of para-hydroxylation sites is 1. The van der Waals surface area contributed by atoms with Crippen molar-refractivity contribution in [1.29, 1.82) is 0 Å². The standard InChI is InChI=1S/C40H31NO/c1-26-12-17-29(18-13-26)41(31-21-22-33-32-8-4-6-10-36(32)40(2,3)37(33)25-31)30-19-14-27(15-20-30)28-16-23-39-35(24-28)34-9-5-7-11-38(34)42-39/h4-25H,1-3H3. The molecule has 1 heterocycles. The first-order valence-corrected chi connectivity index (χ1v) is 14.6. The predicted octanol–water partition coefficient (Wildman–Crippen LogP) is 11.3. The molecule has 0 saturated carbocycles. The smallest absolute Gasteiger partial charge is 0.135 e. The molecule has 2 heteroatoms. The lowest BCUT2D eigenvalue weighted by Gasteiger charge is -2.28. The average molecular weight is 542 g/mol. The molecule has 0 N–H and O–H groups in total. The molecular formula is C40H31NO. The van der Waals surface area contributed by atoms with Crippen molar-refractivity contribution in [3.8, 4) is 22.3 Å². The Kier molecular flexibility index (Phi) is 5.42. The summed E-state index contributed by atoms with van der Waals surface area (Å²) in [5, 5.41) is 2.30. The van der Waals surface area contributed by atoms with Crippen molar-refractivity contribution in [3.05, 3.63) is 150 Å². The number of hydrogen-bond acceptors (Lipinski definition) is 2. The molecule has 8 rings (SSSR count). The summed E-state index contributed by atoms with van der Waals surface area (Å²) in [4.78, 5) is 2.37. The lowest BCUT2D eigenvalue weighted by molar-refractivity contribution is 0.660. The second kappa shape index (κ2) is 9.22. The summed E-state index contributed by atoms with van der Waals surface area (Å²) >= 11 is 0. The van der Waals surface area contributed by atoms with Crippen molar-refractivity contribution < 1.29 is 4.42 Å². The maximum Gasteiger partial charge on any atom is 0.135 e. The normalized spacial score (nSPS) is 13.3. The van der Waals surface area contributed by atoms with Gasteiger partial charge in [0.2, 0.25) is 0 Å². The monoisotopic (exact) mass is 541 g/mol. The number of nitrogens with zero attached hydrogens (tertiary/aromatic N) is 1. The maximum atomic E-state index is 6.06. The highest BCUT2D eigenvalue weighted by Crippen LogP contribution is 2.50. The van der Waals surface area contributed by atoms with Gasteiger partial charge in [-0.05, 0) is 94.9 Å². The van der Waals surface area contributed by atoms with E-state index in [-0.39, 0.29) is 5.41 Å². The zero-order valence-corrected chi connectivity index (χ0v) is 24.1. The zero-order chi connectivity index (χ0) is 28.4. The van der Waals surface area contributed by atoms with E-state index in [1.165, 1.54) is 38.9 Å². The molecule has 0 saturated heterocycles. The van der Waals surface area contributed by atoms with E-state index < -0.39 is 0 Å². The van der Waals surface area contributed by atoms with Crippen LogP contribution in [0.4, 0.5) is 17.1 Å². The highest BCUT2D eigenvalue weighted by Gasteiger charge is 2.35. The molecule has 1 aliphatic carbocycles. The minimum Gasteiger partial charge on any atom is -0.456 e. The van der Waals surface area contributed by atoms with Gasteiger partial charge in [-0.15, -0.1) is 0 Å². The number of benzene rings is 6. The van der Waals surface area contributed by atoms with Gasteiger partial charge in [0.1, 0.15) is 11.2 Å². The van der Waals surface area contributed by atoms with Crippen LogP contribution in [0, 0.1) is 6.92 Å². The topological polar surface area (TPSA) is 16.4 Å². The van der Waals surface area contributed by atoms with Gasteiger partial charge in [-0.1, -0.05) is 98.3 Å². The van der Waals surface area contributed by atoms with Crippen molar-refractivity contribution in [2.75, 3.05) is 4.90 Å². The van der Waals surface area contributed by atoms with Crippen LogP contribution in [0.5, 0.6) is 0 Å². The third-order valence-electron chi connectivity index (χ3n) is 8.95. The molecule has 0 fully saturated rings. The van der Waals surface area contributed by atoms with E-state index in [0.717, 1.165) is 39.0 Å². The van der Waals surface area contributed by atoms with Crippen LogP contribution in [-0.4, -0.2) is 0 Å². The fraction of sp³-hybridized carbons (Fsp3) is 0.100. The third-order valence-corrected chi connectivity index (χ3v) is 8.95. The molecule has 1 aliphatic rings. The van der Waals surface area contributed by atoms with E-state index in [1.54, 1.807) is 0 Å². The van der Waals surface area contributed by atoms with Crippen LogP contribution >= 0.6 is 0 Å². The van der Waals surface area contributed by atoms with Gasteiger partial charge in [0.25, 0.3) is 0 Å². The minimum atomic E-state index is -0.0549. The van der Waals surface area contributed by atoms with E-state index in [4.69, 9.17) is 4.42 Å². The van der Waals surface area contributed by atoms with Crippen molar-refractivity contribution >= 4 is 39.0 Å². The molecule has 0 radical (unpaired) electrons. The molecule has 1 aromatic heterocycles. The molecule has 0 aliphatic heterocycles. The van der Waals surface area contributed by atoms with Crippen molar-refractivity contribution in [3.63, 3.8) is 0 Å². The van der Waals surface area contributed by atoms with Gasteiger partial charge in [0.05, 0.1) is 0 Å². The van der Waals surface area contributed by atoms with Crippen LogP contribution < -0.4 is 4.90 Å². The first-order valence-electron chi connectivity index (χ1n) is 14.6. The van der Waals surface area contributed by atoms with Crippen LogP contribution in [0.1, 0.15) is 30.5 Å². The van der Waals surface area contributed by atoms with E-state index in [1.807, 2.05) is 12.1 Å². The fourth-order valence-corrected chi connectivity index (χ4v) is 6.68. The first kappa shape index (κ1) is 24.7. The van der Waals surface area contributed by atoms with Crippen LogP contribution in [0.25, 0.3) is 44.2 Å². The molecule has 202 valence electrons. The van der Waals surface area contributed by atoms with Gasteiger partial charge in [-0.3, -0.25) is 0 Å². The van der Waals surface area contributed by atoms with Crippen LogP contribution in [-0.2, 0) is 5.41 Å². The molecule has 0 atom stereocenters. The average Bonchev–Trinajstić information content (AvgIpc) is 3.50. The summed E-state index contributed by atoms with van der Waals surface area (Å²) in [7, 11) is 0. The number of rotatable bonds is 4. The predicted molar refractivity (Wildman–Crippen MR) is 176 cm³/mol. The Morgan fingerprint density at radius 2 is 1.12 bits per heavy atom. The van der Waals surface area contributed by atoms with Crippen LogP contribution in [0.15, 0.2) is 138 Å². The Bertz CT molecular complexity index is 2110. The summed E-state index contributed by atoms with van der Waals surface area (Å²) in [6, 6.07) is 48.2. The molecule has 0 bridgehead atoms. The maximum absolute atomic E-state index is 6.06. The van der Waals surface area contributed by atoms with Gasteiger partial charge < -0.3 is 9.32 Å². The van der Waals surface area contributed by atoms with Gasteiger partial charge in [0.15, 0.2) is 0 Å². The summed E-state index contributed by atoms with van der Waals surface area (Å²) in [6.45, 7) is 6.82. The highest BCUT2D eigenvalue weighted by atomic mass is 16.3. The Labute approximate surface area is 246 Å². The van der Waals surface area contributed by atoms with E-state index in [2.05, 4.69) is 147 Å². The molecule has 6 aromatic carbocycles. The van der Waals surface area contributed by atoms with Gasteiger partial charge in [0, 0.05) is 33.2 Å². The van der Waals surface area contributed by atoms with Gasteiger partial charge in [-0.2, -0.15) is 0 Å². The van der Waals surface area contributed by atoms with Crippen molar-refractivity contribution in [1.82, 2.24) is 0 Å². The number of fused-ring (bicyclic) bond motifs is 6. The summed E-state index contributed by atoms with van der Waals surface area (Å²) in [6.07, 6.45) is 0. The summed E-state index contributed by atoms with van der Waals surface area (Å²) in [5.41, 5.74) is 14.3. The summed E-state index contributed by atoms with van der Waals surface area (Å²) < 4.78 is 6.06. The van der Waals surface area contributed by atoms with Crippen molar-refractivity contribution in [2.24, 2.45) is 0 Å². The Morgan fingerprint density at radius 1 is 0.500 bits per heavy atom. The molecule has 0 unspecified atom stereocenters. The quantitative estimate of drug-likeness (QED) is 0.220. The highest BCUT2D eigenvalue weighted by molar-refractivity contribution is 6.06. The van der Waals surface area contributed by atoms with Crippen LogP contribution in [0.3, 0.4) is 0 Å². The SMILES string of the molecule is Cc1ccc(N(c2ccc(-c3ccc4oc5ccccc5c4c3)cc2)c2ccc3c(c2)C(C)(C)c2ccccc2-3)cc1. The zero-order valence-electron chi connectivity index (χ0n) is 24.1. The molecule has 0 amide bonds. The third kappa shape index (κ3) is 3.79. The van der Waals surface area contributed by atoms with Gasteiger partial charge in [-0.25, -0.2) is 0 Å². The molecule has 2 nitrogen and oxygen atoms in total. The molecule has 7 aromatic rings. The first-order chi connectivity index (χ1) is 20.5. The number of aryl methyl sites for hydroxylation is 1. The molecular weight excluding hydrogens is 510 g/mol. The molecule has 42 heavy (non-hydrogen) atoms. The fourth-order valence-electron chi connectivity index (χ4n) is 6.68. The minimum absolute atomic E-state index is 0.0549.